The monoisotopic (exact) mass is 379 g/mol. The lowest BCUT2D eigenvalue weighted by molar-refractivity contribution is 0.590. The van der Waals surface area contributed by atoms with Crippen molar-refractivity contribution < 1.29 is 0 Å². The van der Waals surface area contributed by atoms with Crippen molar-refractivity contribution in [2.24, 2.45) is 0 Å². The van der Waals surface area contributed by atoms with Gasteiger partial charge >= 0.3 is 0 Å². The van der Waals surface area contributed by atoms with Gasteiger partial charge in [0.25, 0.3) is 0 Å². The minimum absolute atomic E-state index is 0.117. The summed E-state index contributed by atoms with van der Waals surface area (Å²) < 4.78 is 1.08. The van der Waals surface area contributed by atoms with Crippen molar-refractivity contribution in [3.63, 3.8) is 0 Å². The Morgan fingerprint density at radius 3 is 2.00 bits per heavy atom. The molecule has 0 spiro atoms. The van der Waals surface area contributed by atoms with Crippen LogP contribution in [0.4, 0.5) is 17.1 Å². The molecule has 0 fully saturated rings. The first kappa shape index (κ1) is 16.8. The van der Waals surface area contributed by atoms with Crippen LogP contribution in [0, 0.1) is 0 Å². The third-order valence-corrected chi connectivity index (χ3v) is 4.75. The van der Waals surface area contributed by atoms with Crippen LogP contribution < -0.4 is 4.90 Å². The zero-order valence-corrected chi connectivity index (χ0v) is 15.9. The first-order valence-corrected chi connectivity index (χ1v) is 8.96. The molecule has 0 aromatic heterocycles. The van der Waals surface area contributed by atoms with Crippen LogP contribution in [-0.4, -0.2) is 0 Å². The Balaban J connectivity index is 2.18. The van der Waals surface area contributed by atoms with Crippen molar-refractivity contribution in [3.8, 4) is 0 Å². The molecular formula is C22H22BrN. The van der Waals surface area contributed by atoms with Gasteiger partial charge in [0, 0.05) is 15.8 Å². The van der Waals surface area contributed by atoms with E-state index in [2.05, 4.69) is 108 Å². The molecule has 0 amide bonds. The molecule has 0 saturated heterocycles. The van der Waals surface area contributed by atoms with Crippen LogP contribution in [0.2, 0.25) is 0 Å². The summed E-state index contributed by atoms with van der Waals surface area (Å²) in [6.45, 7) is 6.74. The molecule has 3 aromatic carbocycles. The molecule has 0 aliphatic rings. The average molecular weight is 380 g/mol. The maximum Gasteiger partial charge on any atom is 0.0603 e. The molecule has 0 aliphatic heterocycles. The highest BCUT2D eigenvalue weighted by molar-refractivity contribution is 9.10. The second-order valence-electron chi connectivity index (χ2n) is 6.92. The van der Waals surface area contributed by atoms with Gasteiger partial charge in [0.1, 0.15) is 0 Å². The fourth-order valence-corrected chi connectivity index (χ4v) is 3.21. The van der Waals surface area contributed by atoms with Crippen molar-refractivity contribution in [1.29, 1.82) is 0 Å². The topological polar surface area (TPSA) is 3.24 Å². The smallest absolute Gasteiger partial charge is 0.0603 e. The fraction of sp³-hybridized carbons (Fsp3) is 0.182. The summed E-state index contributed by atoms with van der Waals surface area (Å²) in [4.78, 5) is 2.29. The van der Waals surface area contributed by atoms with Gasteiger partial charge in [-0.15, -0.1) is 0 Å². The lowest BCUT2D eigenvalue weighted by Gasteiger charge is -2.28. The molecule has 3 rings (SSSR count). The molecule has 0 heterocycles. The van der Waals surface area contributed by atoms with Crippen LogP contribution in [0.3, 0.4) is 0 Å². The highest BCUT2D eigenvalue weighted by Gasteiger charge is 2.18. The largest absolute Gasteiger partial charge is 0.309 e. The predicted octanol–water partition coefficient (Wildman–Crippen LogP) is 7.22. The first-order valence-electron chi connectivity index (χ1n) is 8.17. The number of para-hydroxylation sites is 2. The van der Waals surface area contributed by atoms with Crippen LogP contribution in [0.5, 0.6) is 0 Å². The molecule has 3 aromatic rings. The molecule has 1 nitrogen and oxygen atoms in total. The third kappa shape index (κ3) is 3.54. The van der Waals surface area contributed by atoms with Crippen LogP contribution >= 0.6 is 15.9 Å². The molecule has 0 aliphatic carbocycles. The Kier molecular flexibility index (Phi) is 4.77. The molecule has 0 saturated carbocycles. The van der Waals surface area contributed by atoms with E-state index in [1.54, 1.807) is 0 Å². The van der Waals surface area contributed by atoms with Crippen molar-refractivity contribution in [1.82, 2.24) is 0 Å². The maximum absolute atomic E-state index is 3.71. The standard InChI is InChI=1S/C22H22BrN/c1-22(2,3)17-10-9-13-19(16-17)24(18-11-5-4-6-12-18)21-15-8-7-14-20(21)23/h4-16H,1-3H3. The SMILES string of the molecule is CC(C)(C)c1cccc(N(c2ccccc2)c2ccccc2Br)c1. The Morgan fingerprint density at radius 1 is 0.708 bits per heavy atom. The summed E-state index contributed by atoms with van der Waals surface area (Å²) in [5.41, 5.74) is 4.89. The minimum atomic E-state index is 0.117. The van der Waals surface area contributed by atoms with Crippen molar-refractivity contribution in [2.75, 3.05) is 4.90 Å². The molecule has 24 heavy (non-hydrogen) atoms. The number of hydrogen-bond acceptors (Lipinski definition) is 1. The number of nitrogens with zero attached hydrogens (tertiary/aromatic N) is 1. The Bertz CT molecular complexity index is 819. The van der Waals surface area contributed by atoms with E-state index in [4.69, 9.17) is 0 Å². The number of benzene rings is 3. The second-order valence-corrected chi connectivity index (χ2v) is 7.78. The Hall–Kier alpha value is -2.06. The fourth-order valence-electron chi connectivity index (χ4n) is 2.75. The van der Waals surface area contributed by atoms with E-state index < -0.39 is 0 Å². The number of anilines is 3. The molecule has 2 heteroatoms. The highest BCUT2D eigenvalue weighted by atomic mass is 79.9. The zero-order chi connectivity index (χ0) is 17.2. The summed E-state index contributed by atoms with van der Waals surface area (Å²) in [6.07, 6.45) is 0. The second kappa shape index (κ2) is 6.82. The molecule has 0 N–H and O–H groups in total. The normalized spacial score (nSPS) is 11.3. The average Bonchev–Trinajstić information content (AvgIpc) is 2.57. The first-order chi connectivity index (χ1) is 11.5. The van der Waals surface area contributed by atoms with Crippen molar-refractivity contribution in [2.45, 2.75) is 26.2 Å². The lowest BCUT2D eigenvalue weighted by atomic mass is 9.87. The Labute approximate surface area is 153 Å². The van der Waals surface area contributed by atoms with Gasteiger partial charge in [0.05, 0.1) is 5.69 Å². The summed E-state index contributed by atoms with van der Waals surface area (Å²) >= 11 is 3.71. The summed E-state index contributed by atoms with van der Waals surface area (Å²) in [5.74, 6) is 0. The van der Waals surface area contributed by atoms with E-state index >= 15 is 0 Å². The number of halogens is 1. The van der Waals surface area contributed by atoms with Crippen molar-refractivity contribution in [3.05, 3.63) is 88.9 Å². The molecule has 0 radical (unpaired) electrons. The zero-order valence-electron chi connectivity index (χ0n) is 14.3. The minimum Gasteiger partial charge on any atom is -0.309 e. The van der Waals surface area contributed by atoms with Gasteiger partial charge in [-0.05, 0) is 63.3 Å². The molecule has 122 valence electrons. The molecular weight excluding hydrogens is 358 g/mol. The predicted molar refractivity (Wildman–Crippen MR) is 108 cm³/mol. The van der Waals surface area contributed by atoms with E-state index in [1.165, 1.54) is 11.3 Å². The van der Waals surface area contributed by atoms with Gasteiger partial charge in [0.15, 0.2) is 0 Å². The van der Waals surface area contributed by atoms with Gasteiger partial charge in [-0.2, -0.15) is 0 Å². The maximum atomic E-state index is 3.71. The van der Waals surface area contributed by atoms with E-state index in [9.17, 15) is 0 Å². The summed E-state index contributed by atoms with van der Waals surface area (Å²) in [7, 11) is 0. The molecule has 0 atom stereocenters. The summed E-state index contributed by atoms with van der Waals surface area (Å²) in [6, 6.07) is 27.6. The highest BCUT2D eigenvalue weighted by Crippen LogP contribution is 2.39. The lowest BCUT2D eigenvalue weighted by Crippen LogP contribution is -2.14. The Morgan fingerprint density at radius 2 is 1.33 bits per heavy atom. The van der Waals surface area contributed by atoms with Crippen LogP contribution in [0.15, 0.2) is 83.3 Å². The van der Waals surface area contributed by atoms with Gasteiger partial charge in [-0.25, -0.2) is 0 Å². The third-order valence-electron chi connectivity index (χ3n) is 4.08. The van der Waals surface area contributed by atoms with Gasteiger partial charge in [0.2, 0.25) is 0 Å². The van der Waals surface area contributed by atoms with E-state index in [-0.39, 0.29) is 5.41 Å². The molecule has 0 bridgehead atoms. The van der Waals surface area contributed by atoms with E-state index in [0.29, 0.717) is 0 Å². The van der Waals surface area contributed by atoms with Gasteiger partial charge in [-0.3, -0.25) is 0 Å². The van der Waals surface area contributed by atoms with Crippen LogP contribution in [0.1, 0.15) is 26.3 Å². The number of hydrogen-bond donors (Lipinski definition) is 0. The number of rotatable bonds is 3. The summed E-state index contributed by atoms with van der Waals surface area (Å²) in [5, 5.41) is 0. The quantitative estimate of drug-likeness (QED) is 0.464. The van der Waals surface area contributed by atoms with Crippen molar-refractivity contribution >= 4 is 33.0 Å². The van der Waals surface area contributed by atoms with Crippen LogP contribution in [-0.2, 0) is 5.41 Å². The van der Waals surface area contributed by atoms with Gasteiger partial charge < -0.3 is 4.90 Å². The van der Waals surface area contributed by atoms with Gasteiger partial charge in [-0.1, -0.05) is 63.2 Å². The van der Waals surface area contributed by atoms with Crippen LogP contribution in [0.25, 0.3) is 0 Å². The van der Waals surface area contributed by atoms with E-state index in [0.717, 1.165) is 15.8 Å². The molecule has 0 unspecified atom stereocenters. The van der Waals surface area contributed by atoms with E-state index in [1.807, 2.05) is 12.1 Å².